The Hall–Kier alpha value is -1.42. The topological polar surface area (TPSA) is 55.1 Å². The molecule has 0 saturated heterocycles. The van der Waals surface area contributed by atoms with E-state index in [0.29, 0.717) is 18.0 Å². The molecule has 1 atom stereocenters. The van der Waals surface area contributed by atoms with E-state index >= 15 is 0 Å². The number of nitrogens with one attached hydrogen (secondary N) is 1. The summed E-state index contributed by atoms with van der Waals surface area (Å²) < 4.78 is 13.0. The van der Waals surface area contributed by atoms with Crippen LogP contribution in [0.25, 0.3) is 0 Å². The molecule has 0 saturated carbocycles. The van der Waals surface area contributed by atoms with Crippen molar-refractivity contribution in [3.8, 4) is 0 Å². The Kier molecular flexibility index (Phi) is 5.78. The molecule has 0 aliphatic carbocycles. The molecule has 3 nitrogen and oxygen atoms in total. The van der Waals surface area contributed by atoms with Crippen LogP contribution in [0, 0.1) is 11.7 Å². The molecule has 0 aromatic heterocycles. The van der Waals surface area contributed by atoms with Gasteiger partial charge < -0.3 is 11.1 Å². The predicted molar refractivity (Wildman–Crippen MR) is 70.8 cm³/mol. The second-order valence-electron chi connectivity index (χ2n) is 4.46. The Morgan fingerprint density at radius 2 is 2.06 bits per heavy atom. The lowest BCUT2D eigenvalue weighted by atomic mass is 9.95. The molecule has 4 heteroatoms. The van der Waals surface area contributed by atoms with Gasteiger partial charge in [-0.15, -0.1) is 0 Å². The Bertz CT molecular complexity index is 391. The minimum absolute atomic E-state index is 0.0579. The van der Waals surface area contributed by atoms with E-state index in [1.807, 2.05) is 0 Å². The van der Waals surface area contributed by atoms with Gasteiger partial charge in [-0.3, -0.25) is 4.79 Å². The highest BCUT2D eigenvalue weighted by Crippen LogP contribution is 2.11. The normalized spacial score (nSPS) is 12.5. The molecule has 0 aliphatic heterocycles. The summed E-state index contributed by atoms with van der Waals surface area (Å²) in [6.07, 6.45) is 1.99. The third kappa shape index (κ3) is 4.11. The first-order valence-corrected chi connectivity index (χ1v) is 6.37. The average Bonchev–Trinajstić information content (AvgIpc) is 2.37. The molecule has 1 rings (SSSR count). The number of rotatable bonds is 6. The summed E-state index contributed by atoms with van der Waals surface area (Å²) in [5.41, 5.74) is 6.33. The van der Waals surface area contributed by atoms with E-state index in [0.717, 1.165) is 12.8 Å². The van der Waals surface area contributed by atoms with Crippen molar-refractivity contribution in [2.75, 3.05) is 6.54 Å². The van der Waals surface area contributed by atoms with Crippen LogP contribution in [-0.2, 0) is 0 Å². The zero-order valence-corrected chi connectivity index (χ0v) is 10.9. The maximum Gasteiger partial charge on any atom is 0.251 e. The monoisotopic (exact) mass is 252 g/mol. The van der Waals surface area contributed by atoms with Crippen molar-refractivity contribution in [2.24, 2.45) is 11.7 Å². The van der Waals surface area contributed by atoms with Gasteiger partial charge in [0.15, 0.2) is 0 Å². The van der Waals surface area contributed by atoms with E-state index in [9.17, 15) is 9.18 Å². The van der Waals surface area contributed by atoms with Crippen LogP contribution < -0.4 is 11.1 Å². The molecule has 1 unspecified atom stereocenters. The smallest absolute Gasteiger partial charge is 0.251 e. The Morgan fingerprint density at radius 1 is 1.39 bits per heavy atom. The zero-order chi connectivity index (χ0) is 13.5. The van der Waals surface area contributed by atoms with Crippen LogP contribution in [0.15, 0.2) is 24.3 Å². The number of halogens is 1. The Balaban J connectivity index is 2.51. The van der Waals surface area contributed by atoms with Gasteiger partial charge in [0, 0.05) is 18.2 Å². The second kappa shape index (κ2) is 7.11. The molecular weight excluding hydrogens is 231 g/mol. The zero-order valence-electron chi connectivity index (χ0n) is 10.9. The summed E-state index contributed by atoms with van der Waals surface area (Å²) in [5.74, 6) is -0.291. The summed E-state index contributed by atoms with van der Waals surface area (Å²) in [5, 5.41) is 2.74. The maximum absolute atomic E-state index is 13.0. The highest BCUT2D eigenvalue weighted by atomic mass is 19.1. The van der Waals surface area contributed by atoms with Crippen LogP contribution in [0.1, 0.15) is 37.0 Å². The standard InChI is InChI=1S/C14H21FN2O/c1-3-10(4-2)13(16)9-17-14(18)11-6-5-7-12(15)8-11/h5-8,10,13H,3-4,9,16H2,1-2H3,(H,17,18). The van der Waals surface area contributed by atoms with Crippen LogP contribution in [-0.4, -0.2) is 18.5 Å². The fraction of sp³-hybridized carbons (Fsp3) is 0.500. The summed E-state index contributed by atoms with van der Waals surface area (Å²) in [4.78, 5) is 11.8. The van der Waals surface area contributed by atoms with Crippen molar-refractivity contribution in [1.29, 1.82) is 0 Å². The van der Waals surface area contributed by atoms with E-state index in [2.05, 4.69) is 19.2 Å². The molecule has 18 heavy (non-hydrogen) atoms. The van der Waals surface area contributed by atoms with Gasteiger partial charge in [-0.2, -0.15) is 0 Å². The van der Waals surface area contributed by atoms with E-state index in [1.54, 1.807) is 6.07 Å². The molecule has 3 N–H and O–H groups in total. The number of amides is 1. The van der Waals surface area contributed by atoms with Crippen molar-refractivity contribution in [2.45, 2.75) is 32.7 Å². The van der Waals surface area contributed by atoms with Crippen LogP contribution in [0.3, 0.4) is 0 Å². The van der Waals surface area contributed by atoms with Gasteiger partial charge in [-0.1, -0.05) is 32.8 Å². The van der Waals surface area contributed by atoms with Gasteiger partial charge in [-0.25, -0.2) is 4.39 Å². The van der Waals surface area contributed by atoms with Gasteiger partial charge in [-0.05, 0) is 24.1 Å². The first-order valence-electron chi connectivity index (χ1n) is 6.37. The second-order valence-corrected chi connectivity index (χ2v) is 4.46. The number of nitrogens with two attached hydrogens (primary N) is 1. The number of hydrogen-bond donors (Lipinski definition) is 2. The highest BCUT2D eigenvalue weighted by molar-refractivity contribution is 5.94. The number of carbonyl (C=O) groups excluding carboxylic acids is 1. The lowest BCUT2D eigenvalue weighted by molar-refractivity contribution is 0.0947. The van der Waals surface area contributed by atoms with Gasteiger partial charge in [0.25, 0.3) is 5.91 Å². The average molecular weight is 252 g/mol. The summed E-state index contributed by atoms with van der Waals surface area (Å²) >= 11 is 0. The van der Waals surface area contributed by atoms with E-state index in [1.165, 1.54) is 18.2 Å². The summed E-state index contributed by atoms with van der Waals surface area (Å²) in [6.45, 7) is 4.59. The molecule has 100 valence electrons. The molecule has 0 bridgehead atoms. The highest BCUT2D eigenvalue weighted by Gasteiger charge is 2.15. The van der Waals surface area contributed by atoms with E-state index in [-0.39, 0.29) is 11.9 Å². The van der Waals surface area contributed by atoms with Gasteiger partial charge in [0.1, 0.15) is 5.82 Å². The predicted octanol–water partition coefficient (Wildman–Crippen LogP) is 2.32. The Morgan fingerprint density at radius 3 is 2.61 bits per heavy atom. The minimum atomic E-state index is -0.410. The van der Waals surface area contributed by atoms with Gasteiger partial charge in [0.05, 0.1) is 0 Å². The van der Waals surface area contributed by atoms with Crippen molar-refractivity contribution < 1.29 is 9.18 Å². The molecule has 0 spiro atoms. The third-order valence-corrected chi connectivity index (χ3v) is 3.24. The maximum atomic E-state index is 13.0. The summed E-state index contributed by atoms with van der Waals surface area (Å²) in [7, 11) is 0. The first-order chi connectivity index (χ1) is 8.58. The molecule has 0 fully saturated rings. The van der Waals surface area contributed by atoms with Crippen molar-refractivity contribution in [1.82, 2.24) is 5.32 Å². The number of hydrogen-bond acceptors (Lipinski definition) is 2. The molecule has 1 amide bonds. The quantitative estimate of drug-likeness (QED) is 0.816. The van der Waals surface area contributed by atoms with E-state index < -0.39 is 5.82 Å². The Labute approximate surface area is 108 Å². The fourth-order valence-electron chi connectivity index (χ4n) is 2.00. The lowest BCUT2D eigenvalue weighted by Crippen LogP contribution is -2.41. The van der Waals surface area contributed by atoms with Crippen molar-refractivity contribution in [3.05, 3.63) is 35.6 Å². The van der Waals surface area contributed by atoms with Crippen molar-refractivity contribution >= 4 is 5.91 Å². The molecule has 0 heterocycles. The number of carbonyl (C=O) groups is 1. The summed E-state index contributed by atoms with van der Waals surface area (Å²) in [6, 6.07) is 5.58. The van der Waals surface area contributed by atoms with Crippen LogP contribution >= 0.6 is 0 Å². The molecule has 0 radical (unpaired) electrons. The fourth-order valence-corrected chi connectivity index (χ4v) is 2.00. The molecule has 0 aliphatic rings. The van der Waals surface area contributed by atoms with Crippen LogP contribution in [0.4, 0.5) is 4.39 Å². The minimum Gasteiger partial charge on any atom is -0.350 e. The largest absolute Gasteiger partial charge is 0.350 e. The number of benzene rings is 1. The lowest BCUT2D eigenvalue weighted by Gasteiger charge is -2.21. The molecule has 1 aromatic rings. The first kappa shape index (κ1) is 14.6. The van der Waals surface area contributed by atoms with E-state index in [4.69, 9.17) is 5.73 Å². The van der Waals surface area contributed by atoms with Crippen LogP contribution in [0.2, 0.25) is 0 Å². The van der Waals surface area contributed by atoms with Crippen molar-refractivity contribution in [3.63, 3.8) is 0 Å². The van der Waals surface area contributed by atoms with Gasteiger partial charge in [0.2, 0.25) is 0 Å². The molecular formula is C14H21FN2O. The third-order valence-electron chi connectivity index (χ3n) is 3.24. The SMILES string of the molecule is CCC(CC)C(N)CNC(=O)c1cccc(F)c1. The molecule has 1 aromatic carbocycles. The van der Waals surface area contributed by atoms with Gasteiger partial charge >= 0.3 is 0 Å². The van der Waals surface area contributed by atoms with Crippen LogP contribution in [0.5, 0.6) is 0 Å².